The standard InChI is InChI=1S/C12H11F2NO3S2/c1-7-2-3-8(13)12(11(7)14)15-20(17,18)10-4-5-19-9(10)6-16/h2-5,15-16H,6H2,1H3. The lowest BCUT2D eigenvalue weighted by atomic mass is 10.2. The molecule has 108 valence electrons. The van der Waals surface area contributed by atoms with E-state index < -0.39 is 34.0 Å². The van der Waals surface area contributed by atoms with Crippen LogP contribution in [0.3, 0.4) is 0 Å². The third-order valence-electron chi connectivity index (χ3n) is 2.66. The molecule has 0 saturated heterocycles. The zero-order valence-electron chi connectivity index (χ0n) is 10.4. The first kappa shape index (κ1) is 14.9. The van der Waals surface area contributed by atoms with Crippen molar-refractivity contribution in [3.8, 4) is 0 Å². The molecule has 0 amide bonds. The summed E-state index contributed by atoms with van der Waals surface area (Å²) in [5, 5.41) is 10.5. The highest BCUT2D eigenvalue weighted by Gasteiger charge is 2.23. The fraction of sp³-hybridized carbons (Fsp3) is 0.167. The molecule has 0 aliphatic heterocycles. The van der Waals surface area contributed by atoms with Crippen LogP contribution in [0.5, 0.6) is 0 Å². The van der Waals surface area contributed by atoms with E-state index in [-0.39, 0.29) is 15.3 Å². The zero-order chi connectivity index (χ0) is 14.9. The first-order valence-corrected chi connectivity index (χ1v) is 7.87. The first-order chi connectivity index (χ1) is 9.36. The molecule has 0 aliphatic rings. The molecular formula is C12H11F2NO3S2. The predicted octanol–water partition coefficient (Wildman–Crippen LogP) is 2.63. The van der Waals surface area contributed by atoms with E-state index in [1.165, 1.54) is 24.4 Å². The maximum absolute atomic E-state index is 13.8. The van der Waals surface area contributed by atoms with Gasteiger partial charge >= 0.3 is 0 Å². The van der Waals surface area contributed by atoms with Gasteiger partial charge in [0.2, 0.25) is 0 Å². The minimum atomic E-state index is -4.15. The maximum Gasteiger partial charge on any atom is 0.263 e. The highest BCUT2D eigenvalue weighted by molar-refractivity contribution is 7.93. The summed E-state index contributed by atoms with van der Waals surface area (Å²) >= 11 is 1.04. The summed E-state index contributed by atoms with van der Waals surface area (Å²) in [7, 11) is -4.15. The van der Waals surface area contributed by atoms with Gasteiger partial charge in [-0.3, -0.25) is 4.72 Å². The molecule has 4 nitrogen and oxygen atoms in total. The quantitative estimate of drug-likeness (QED) is 0.910. The fourth-order valence-corrected chi connectivity index (χ4v) is 3.99. The zero-order valence-corrected chi connectivity index (χ0v) is 12.0. The van der Waals surface area contributed by atoms with Gasteiger partial charge in [0.05, 0.1) is 11.5 Å². The number of hydrogen-bond donors (Lipinski definition) is 2. The summed E-state index contributed by atoms with van der Waals surface area (Å²) in [6.07, 6.45) is 0. The molecule has 20 heavy (non-hydrogen) atoms. The largest absolute Gasteiger partial charge is 0.391 e. The molecule has 1 heterocycles. The summed E-state index contributed by atoms with van der Waals surface area (Å²) in [6.45, 7) is 0.934. The van der Waals surface area contributed by atoms with E-state index in [1.807, 2.05) is 4.72 Å². The van der Waals surface area contributed by atoms with Gasteiger partial charge in [-0.15, -0.1) is 11.3 Å². The number of halogens is 2. The number of aliphatic hydroxyl groups excluding tert-OH is 1. The number of rotatable bonds is 4. The van der Waals surface area contributed by atoms with Gasteiger partial charge in [0.25, 0.3) is 10.0 Å². The number of aliphatic hydroxyl groups is 1. The Morgan fingerprint density at radius 2 is 2.00 bits per heavy atom. The van der Waals surface area contributed by atoms with Crippen LogP contribution in [-0.2, 0) is 16.6 Å². The van der Waals surface area contributed by atoms with Crippen molar-refractivity contribution in [1.82, 2.24) is 0 Å². The summed E-state index contributed by atoms with van der Waals surface area (Å²) < 4.78 is 53.5. The second-order valence-electron chi connectivity index (χ2n) is 4.02. The van der Waals surface area contributed by atoms with E-state index in [1.54, 1.807) is 0 Å². The molecular weight excluding hydrogens is 308 g/mol. The number of benzene rings is 1. The van der Waals surface area contributed by atoms with Crippen molar-refractivity contribution in [2.45, 2.75) is 18.4 Å². The van der Waals surface area contributed by atoms with Crippen molar-refractivity contribution in [2.75, 3.05) is 4.72 Å². The van der Waals surface area contributed by atoms with Crippen LogP contribution in [0, 0.1) is 18.6 Å². The van der Waals surface area contributed by atoms with Gasteiger partial charge in [0.15, 0.2) is 5.82 Å². The van der Waals surface area contributed by atoms with Crippen molar-refractivity contribution >= 4 is 27.0 Å². The average molecular weight is 319 g/mol. The van der Waals surface area contributed by atoms with Crippen LogP contribution in [0.2, 0.25) is 0 Å². The normalized spacial score (nSPS) is 11.6. The second kappa shape index (κ2) is 5.47. The maximum atomic E-state index is 13.8. The molecule has 0 fully saturated rings. The lowest BCUT2D eigenvalue weighted by Crippen LogP contribution is -2.16. The second-order valence-corrected chi connectivity index (χ2v) is 6.68. The third kappa shape index (κ3) is 2.67. The van der Waals surface area contributed by atoms with Crippen LogP contribution in [0.15, 0.2) is 28.5 Å². The monoisotopic (exact) mass is 319 g/mol. The van der Waals surface area contributed by atoms with Crippen LogP contribution < -0.4 is 4.72 Å². The summed E-state index contributed by atoms with van der Waals surface area (Å²) in [5.74, 6) is -1.97. The van der Waals surface area contributed by atoms with Gasteiger partial charge in [-0.2, -0.15) is 0 Å². The van der Waals surface area contributed by atoms with E-state index in [0.717, 1.165) is 17.4 Å². The average Bonchev–Trinajstić information content (AvgIpc) is 2.88. The summed E-state index contributed by atoms with van der Waals surface area (Å²) in [5.41, 5.74) is -0.600. The molecule has 8 heteroatoms. The smallest absolute Gasteiger partial charge is 0.263 e. The number of thiophene rings is 1. The molecule has 0 aliphatic carbocycles. The fourth-order valence-electron chi connectivity index (χ4n) is 1.62. The summed E-state index contributed by atoms with van der Waals surface area (Å²) in [4.78, 5) is 0.0104. The van der Waals surface area contributed by atoms with E-state index >= 15 is 0 Å². The number of hydrogen-bond acceptors (Lipinski definition) is 4. The molecule has 1 aromatic heterocycles. The molecule has 2 rings (SSSR count). The van der Waals surface area contributed by atoms with E-state index in [9.17, 15) is 17.2 Å². The first-order valence-electron chi connectivity index (χ1n) is 5.51. The van der Waals surface area contributed by atoms with Crippen LogP contribution >= 0.6 is 11.3 Å². The van der Waals surface area contributed by atoms with Crippen molar-refractivity contribution < 1.29 is 22.3 Å². The van der Waals surface area contributed by atoms with Crippen LogP contribution in [-0.4, -0.2) is 13.5 Å². The van der Waals surface area contributed by atoms with Crippen LogP contribution in [0.1, 0.15) is 10.4 Å². The van der Waals surface area contributed by atoms with E-state index in [2.05, 4.69) is 0 Å². The van der Waals surface area contributed by atoms with Gasteiger partial charge in [-0.25, -0.2) is 17.2 Å². The van der Waals surface area contributed by atoms with Crippen molar-refractivity contribution in [1.29, 1.82) is 0 Å². The lowest BCUT2D eigenvalue weighted by molar-refractivity contribution is 0.282. The molecule has 2 N–H and O–H groups in total. The Labute approximate surface area is 118 Å². The number of sulfonamides is 1. The Kier molecular flexibility index (Phi) is 4.07. The number of anilines is 1. The van der Waals surface area contributed by atoms with Gasteiger partial charge in [0, 0.05) is 0 Å². The Bertz CT molecular complexity index is 741. The van der Waals surface area contributed by atoms with E-state index in [0.29, 0.717) is 0 Å². The third-order valence-corrected chi connectivity index (χ3v) is 5.13. The molecule has 2 aromatic rings. The van der Waals surface area contributed by atoms with Gasteiger partial charge in [0.1, 0.15) is 16.4 Å². The topological polar surface area (TPSA) is 66.4 Å². The van der Waals surface area contributed by atoms with Crippen molar-refractivity contribution in [3.05, 3.63) is 45.7 Å². The number of aryl methyl sites for hydroxylation is 1. The molecule has 0 atom stereocenters. The van der Waals surface area contributed by atoms with Crippen LogP contribution in [0.4, 0.5) is 14.5 Å². The van der Waals surface area contributed by atoms with Crippen LogP contribution in [0.25, 0.3) is 0 Å². The van der Waals surface area contributed by atoms with Gasteiger partial charge < -0.3 is 5.11 Å². The Balaban J connectivity index is 2.47. The predicted molar refractivity (Wildman–Crippen MR) is 72.1 cm³/mol. The van der Waals surface area contributed by atoms with Gasteiger partial charge in [-0.1, -0.05) is 6.07 Å². The lowest BCUT2D eigenvalue weighted by Gasteiger charge is -2.11. The molecule has 0 radical (unpaired) electrons. The van der Waals surface area contributed by atoms with E-state index in [4.69, 9.17) is 5.11 Å². The SMILES string of the molecule is Cc1ccc(F)c(NS(=O)(=O)c2ccsc2CO)c1F. The minimum absolute atomic E-state index is 0.122. The molecule has 0 unspecified atom stereocenters. The summed E-state index contributed by atoms with van der Waals surface area (Å²) in [6, 6.07) is 3.47. The Hall–Kier alpha value is -1.51. The minimum Gasteiger partial charge on any atom is -0.391 e. The van der Waals surface area contributed by atoms with Crippen molar-refractivity contribution in [3.63, 3.8) is 0 Å². The molecule has 1 aromatic carbocycles. The highest BCUT2D eigenvalue weighted by atomic mass is 32.2. The highest BCUT2D eigenvalue weighted by Crippen LogP contribution is 2.28. The van der Waals surface area contributed by atoms with Gasteiger partial charge in [-0.05, 0) is 30.0 Å². The van der Waals surface area contributed by atoms with Crippen molar-refractivity contribution in [2.24, 2.45) is 0 Å². The number of nitrogens with one attached hydrogen (secondary N) is 1. The molecule has 0 saturated carbocycles. The Morgan fingerprint density at radius 1 is 1.30 bits per heavy atom. The molecule has 0 spiro atoms. The Morgan fingerprint density at radius 3 is 2.65 bits per heavy atom. The molecule has 0 bridgehead atoms.